The fourth-order valence-electron chi connectivity index (χ4n) is 1.40. The predicted molar refractivity (Wildman–Crippen MR) is 65.8 cm³/mol. The second-order valence-corrected chi connectivity index (χ2v) is 3.31. The third kappa shape index (κ3) is 3.28. The topological polar surface area (TPSA) is 44.5 Å². The molecule has 0 aliphatic carbocycles. The first-order chi connectivity index (χ1) is 7.83. The lowest BCUT2D eigenvalue weighted by Crippen LogP contribution is -2.06. The minimum Gasteiger partial charge on any atom is -0.490 e. The molecule has 1 aromatic rings. The molecule has 0 radical (unpaired) electrons. The number of para-hydroxylation sites is 1. The molecule has 1 aromatic carbocycles. The van der Waals surface area contributed by atoms with E-state index in [1.807, 2.05) is 31.2 Å². The zero-order valence-corrected chi connectivity index (χ0v) is 9.74. The summed E-state index contributed by atoms with van der Waals surface area (Å²) in [5.74, 6) is 1.52. The van der Waals surface area contributed by atoms with Crippen molar-refractivity contribution in [2.24, 2.45) is 5.73 Å². The van der Waals surface area contributed by atoms with Crippen molar-refractivity contribution in [1.29, 1.82) is 0 Å². The quantitative estimate of drug-likeness (QED) is 0.568. The first-order valence-electron chi connectivity index (χ1n) is 5.52. The van der Waals surface area contributed by atoms with Gasteiger partial charge in [-0.2, -0.15) is 0 Å². The first kappa shape index (κ1) is 12.6. The molecule has 0 saturated heterocycles. The average molecular weight is 221 g/mol. The van der Waals surface area contributed by atoms with Gasteiger partial charge in [-0.15, -0.1) is 6.58 Å². The highest BCUT2D eigenvalue weighted by Crippen LogP contribution is 2.31. The van der Waals surface area contributed by atoms with E-state index in [4.69, 9.17) is 15.2 Å². The minimum atomic E-state index is 0.449. The molecule has 0 bridgehead atoms. The summed E-state index contributed by atoms with van der Waals surface area (Å²) in [7, 11) is 0. The highest BCUT2D eigenvalue weighted by atomic mass is 16.5. The summed E-state index contributed by atoms with van der Waals surface area (Å²) in [6.07, 6.45) is 2.63. The fourth-order valence-corrected chi connectivity index (χ4v) is 1.40. The average Bonchev–Trinajstić information content (AvgIpc) is 2.31. The number of rotatable bonds is 7. The lowest BCUT2D eigenvalue weighted by Gasteiger charge is -2.14. The van der Waals surface area contributed by atoms with Crippen LogP contribution in [0.25, 0.3) is 0 Å². The van der Waals surface area contributed by atoms with Gasteiger partial charge in [0.1, 0.15) is 0 Å². The number of nitrogens with two attached hydrogens (primary N) is 1. The van der Waals surface area contributed by atoms with Crippen molar-refractivity contribution in [3.05, 3.63) is 36.4 Å². The molecule has 16 heavy (non-hydrogen) atoms. The van der Waals surface area contributed by atoms with E-state index in [0.29, 0.717) is 19.8 Å². The molecule has 0 spiro atoms. The highest BCUT2D eigenvalue weighted by molar-refractivity contribution is 5.46. The van der Waals surface area contributed by atoms with Crippen LogP contribution in [0.5, 0.6) is 11.5 Å². The molecule has 3 nitrogen and oxygen atoms in total. The first-order valence-corrected chi connectivity index (χ1v) is 5.52. The SMILES string of the molecule is C=CCCOc1c(CN)cccc1OCC. The van der Waals surface area contributed by atoms with E-state index in [9.17, 15) is 0 Å². The van der Waals surface area contributed by atoms with Gasteiger partial charge in [-0.05, 0) is 19.4 Å². The van der Waals surface area contributed by atoms with Gasteiger partial charge in [-0.3, -0.25) is 0 Å². The van der Waals surface area contributed by atoms with Crippen molar-refractivity contribution in [1.82, 2.24) is 0 Å². The Labute approximate surface area is 96.9 Å². The molecule has 0 amide bonds. The van der Waals surface area contributed by atoms with Crippen molar-refractivity contribution in [3.8, 4) is 11.5 Å². The summed E-state index contributed by atoms with van der Waals surface area (Å²) in [6.45, 7) is 7.27. The summed E-state index contributed by atoms with van der Waals surface area (Å²) in [5.41, 5.74) is 6.63. The number of hydrogen-bond donors (Lipinski definition) is 1. The second kappa shape index (κ2) is 6.90. The molecule has 0 unspecified atom stereocenters. The monoisotopic (exact) mass is 221 g/mol. The summed E-state index contributed by atoms with van der Waals surface area (Å²) in [5, 5.41) is 0. The van der Waals surface area contributed by atoms with Gasteiger partial charge in [-0.1, -0.05) is 18.2 Å². The van der Waals surface area contributed by atoms with E-state index in [-0.39, 0.29) is 0 Å². The molecular formula is C13H19NO2. The second-order valence-electron chi connectivity index (χ2n) is 3.31. The van der Waals surface area contributed by atoms with Gasteiger partial charge in [0, 0.05) is 12.1 Å². The standard InChI is InChI=1S/C13H19NO2/c1-3-5-9-16-13-11(10-14)7-6-8-12(13)15-4-2/h3,6-8H,1,4-5,9-10,14H2,2H3. The lowest BCUT2D eigenvalue weighted by atomic mass is 10.2. The van der Waals surface area contributed by atoms with Crippen LogP contribution in [0.15, 0.2) is 30.9 Å². The highest BCUT2D eigenvalue weighted by Gasteiger charge is 2.09. The molecule has 3 heteroatoms. The Bertz CT molecular complexity index is 337. The Morgan fingerprint density at radius 2 is 2.19 bits per heavy atom. The summed E-state index contributed by atoms with van der Waals surface area (Å²) in [4.78, 5) is 0. The zero-order valence-electron chi connectivity index (χ0n) is 9.74. The van der Waals surface area contributed by atoms with Crippen LogP contribution in [0.2, 0.25) is 0 Å². The van der Waals surface area contributed by atoms with E-state index < -0.39 is 0 Å². The van der Waals surface area contributed by atoms with Gasteiger partial charge < -0.3 is 15.2 Å². The Kier molecular flexibility index (Phi) is 5.43. The van der Waals surface area contributed by atoms with Crippen molar-refractivity contribution in [2.75, 3.05) is 13.2 Å². The van der Waals surface area contributed by atoms with E-state index in [0.717, 1.165) is 23.5 Å². The van der Waals surface area contributed by atoms with E-state index >= 15 is 0 Å². The van der Waals surface area contributed by atoms with Crippen LogP contribution >= 0.6 is 0 Å². The van der Waals surface area contributed by atoms with Crippen LogP contribution in [0.4, 0.5) is 0 Å². The molecule has 0 heterocycles. The predicted octanol–water partition coefficient (Wildman–Crippen LogP) is 2.50. The Hall–Kier alpha value is -1.48. The van der Waals surface area contributed by atoms with Gasteiger partial charge >= 0.3 is 0 Å². The Morgan fingerprint density at radius 3 is 2.81 bits per heavy atom. The van der Waals surface area contributed by atoms with Crippen LogP contribution < -0.4 is 15.2 Å². The van der Waals surface area contributed by atoms with Crippen LogP contribution in [0.3, 0.4) is 0 Å². The van der Waals surface area contributed by atoms with Crippen molar-refractivity contribution in [3.63, 3.8) is 0 Å². The number of benzene rings is 1. The third-order valence-electron chi connectivity index (χ3n) is 2.15. The molecule has 0 fully saturated rings. The van der Waals surface area contributed by atoms with Gasteiger partial charge in [0.25, 0.3) is 0 Å². The van der Waals surface area contributed by atoms with Gasteiger partial charge in [0.05, 0.1) is 13.2 Å². The van der Waals surface area contributed by atoms with Gasteiger partial charge in [0.15, 0.2) is 11.5 Å². The molecule has 0 aliphatic rings. The lowest BCUT2D eigenvalue weighted by molar-refractivity contribution is 0.278. The summed E-state index contributed by atoms with van der Waals surface area (Å²) in [6, 6.07) is 5.77. The largest absolute Gasteiger partial charge is 0.490 e. The smallest absolute Gasteiger partial charge is 0.165 e. The maximum Gasteiger partial charge on any atom is 0.165 e. The maximum atomic E-state index is 5.68. The summed E-state index contributed by atoms with van der Waals surface area (Å²) < 4.78 is 11.2. The molecule has 0 saturated carbocycles. The molecule has 0 aromatic heterocycles. The van der Waals surface area contributed by atoms with E-state index in [2.05, 4.69) is 6.58 Å². The number of ether oxygens (including phenoxy) is 2. The van der Waals surface area contributed by atoms with Crippen molar-refractivity contribution < 1.29 is 9.47 Å². The van der Waals surface area contributed by atoms with Crippen molar-refractivity contribution >= 4 is 0 Å². The van der Waals surface area contributed by atoms with Gasteiger partial charge in [-0.25, -0.2) is 0 Å². The molecule has 2 N–H and O–H groups in total. The molecule has 0 aliphatic heterocycles. The van der Waals surface area contributed by atoms with E-state index in [1.54, 1.807) is 0 Å². The van der Waals surface area contributed by atoms with Crippen LogP contribution in [0.1, 0.15) is 18.9 Å². The maximum absolute atomic E-state index is 5.68. The normalized spacial score (nSPS) is 9.88. The number of hydrogen-bond acceptors (Lipinski definition) is 3. The molecule has 88 valence electrons. The van der Waals surface area contributed by atoms with Crippen LogP contribution in [0, 0.1) is 0 Å². The third-order valence-corrected chi connectivity index (χ3v) is 2.15. The molecule has 0 atom stereocenters. The van der Waals surface area contributed by atoms with Gasteiger partial charge in [0.2, 0.25) is 0 Å². The molecule has 1 rings (SSSR count). The Balaban J connectivity index is 2.85. The van der Waals surface area contributed by atoms with Crippen molar-refractivity contribution in [2.45, 2.75) is 19.9 Å². The zero-order chi connectivity index (χ0) is 11.8. The minimum absolute atomic E-state index is 0.449. The van der Waals surface area contributed by atoms with Crippen LogP contribution in [-0.2, 0) is 6.54 Å². The van der Waals surface area contributed by atoms with E-state index in [1.165, 1.54) is 0 Å². The van der Waals surface area contributed by atoms with Crippen LogP contribution in [-0.4, -0.2) is 13.2 Å². The summed E-state index contributed by atoms with van der Waals surface area (Å²) >= 11 is 0. The fraction of sp³-hybridized carbons (Fsp3) is 0.385. The molecular weight excluding hydrogens is 202 g/mol. The Morgan fingerprint density at radius 1 is 1.38 bits per heavy atom.